The van der Waals surface area contributed by atoms with E-state index in [4.69, 9.17) is 4.98 Å². The van der Waals surface area contributed by atoms with Crippen molar-refractivity contribution in [2.45, 2.75) is 33.2 Å². The number of fused-ring (bicyclic) bond motifs is 1. The lowest BCUT2D eigenvalue weighted by atomic mass is 10.1. The number of rotatable bonds is 7. The highest BCUT2D eigenvalue weighted by Gasteiger charge is 2.11. The number of hydrogen-bond acceptors (Lipinski definition) is 2. The minimum Gasteiger partial charge on any atom is -0.352 e. The van der Waals surface area contributed by atoms with Crippen LogP contribution in [0.2, 0.25) is 0 Å². The Labute approximate surface area is 177 Å². The van der Waals surface area contributed by atoms with E-state index in [9.17, 15) is 4.79 Å². The molecule has 4 rings (SSSR count). The van der Waals surface area contributed by atoms with Gasteiger partial charge in [-0.3, -0.25) is 4.79 Å². The summed E-state index contributed by atoms with van der Waals surface area (Å²) in [4.78, 5) is 17.2. The predicted molar refractivity (Wildman–Crippen MR) is 122 cm³/mol. The van der Waals surface area contributed by atoms with Crippen molar-refractivity contribution < 1.29 is 4.79 Å². The molecule has 4 heteroatoms. The number of amides is 1. The monoisotopic (exact) mass is 397 g/mol. The molecular formula is C26H27N3O. The molecule has 0 spiro atoms. The molecule has 4 nitrogen and oxygen atoms in total. The van der Waals surface area contributed by atoms with Gasteiger partial charge in [-0.05, 0) is 50.1 Å². The smallest absolute Gasteiger partial charge is 0.251 e. The molecule has 1 amide bonds. The maximum absolute atomic E-state index is 12.3. The van der Waals surface area contributed by atoms with Crippen molar-refractivity contribution in [2.24, 2.45) is 0 Å². The first kappa shape index (κ1) is 19.9. The van der Waals surface area contributed by atoms with E-state index in [1.165, 1.54) is 11.1 Å². The third-order valence-electron chi connectivity index (χ3n) is 5.37. The Balaban J connectivity index is 1.43. The van der Waals surface area contributed by atoms with E-state index in [2.05, 4.69) is 59.3 Å². The quantitative estimate of drug-likeness (QED) is 0.443. The van der Waals surface area contributed by atoms with E-state index in [1.54, 1.807) is 0 Å². The van der Waals surface area contributed by atoms with Crippen LogP contribution in [0, 0.1) is 13.8 Å². The predicted octanol–water partition coefficient (Wildman–Crippen LogP) is 5.06. The van der Waals surface area contributed by atoms with Gasteiger partial charge in [0, 0.05) is 25.1 Å². The lowest BCUT2D eigenvalue weighted by Crippen LogP contribution is -2.25. The Bertz CT molecular complexity index is 1140. The SMILES string of the molecule is Cc1ccc(Cn2c(CCCNC(=O)c3ccc(C)cc3)nc3ccccc32)cc1. The number of imidazole rings is 1. The van der Waals surface area contributed by atoms with E-state index in [1.807, 2.05) is 37.3 Å². The van der Waals surface area contributed by atoms with E-state index < -0.39 is 0 Å². The first-order valence-corrected chi connectivity index (χ1v) is 10.4. The van der Waals surface area contributed by atoms with Crippen molar-refractivity contribution in [3.05, 3.63) is 101 Å². The highest BCUT2D eigenvalue weighted by molar-refractivity contribution is 5.94. The Hall–Kier alpha value is -3.40. The Morgan fingerprint density at radius 1 is 0.900 bits per heavy atom. The van der Waals surface area contributed by atoms with Crippen LogP contribution in [0.25, 0.3) is 11.0 Å². The molecule has 152 valence electrons. The average molecular weight is 398 g/mol. The maximum atomic E-state index is 12.3. The Morgan fingerprint density at radius 2 is 1.57 bits per heavy atom. The zero-order valence-electron chi connectivity index (χ0n) is 17.6. The number of carbonyl (C=O) groups excluding carboxylic acids is 1. The molecule has 1 N–H and O–H groups in total. The average Bonchev–Trinajstić information content (AvgIpc) is 3.10. The van der Waals surface area contributed by atoms with Gasteiger partial charge in [-0.1, -0.05) is 59.7 Å². The highest BCUT2D eigenvalue weighted by Crippen LogP contribution is 2.19. The third kappa shape index (κ3) is 4.60. The minimum atomic E-state index is -0.0249. The normalized spacial score (nSPS) is 11.0. The van der Waals surface area contributed by atoms with Crippen molar-refractivity contribution >= 4 is 16.9 Å². The molecule has 0 saturated heterocycles. The Kier molecular flexibility index (Phi) is 5.94. The standard InChI is InChI=1S/C26H27N3O/c1-19-9-13-21(14-10-19)18-29-24-7-4-3-6-23(24)28-25(29)8-5-17-27-26(30)22-15-11-20(2)12-16-22/h3-4,6-7,9-16H,5,8,17-18H2,1-2H3,(H,27,30). The fraction of sp³-hybridized carbons (Fsp3) is 0.231. The number of aryl methyl sites for hydroxylation is 3. The van der Waals surface area contributed by atoms with E-state index in [0.29, 0.717) is 12.1 Å². The summed E-state index contributed by atoms with van der Waals surface area (Å²) in [6, 6.07) is 24.6. The number of benzene rings is 3. The van der Waals surface area contributed by atoms with Crippen molar-refractivity contribution in [3.8, 4) is 0 Å². The Morgan fingerprint density at radius 3 is 2.30 bits per heavy atom. The molecule has 0 aliphatic carbocycles. The van der Waals surface area contributed by atoms with Crippen LogP contribution in [0.3, 0.4) is 0 Å². The number of nitrogens with zero attached hydrogens (tertiary/aromatic N) is 2. The molecule has 0 fully saturated rings. The second-order valence-electron chi connectivity index (χ2n) is 7.81. The van der Waals surface area contributed by atoms with Crippen LogP contribution in [0.5, 0.6) is 0 Å². The topological polar surface area (TPSA) is 46.9 Å². The van der Waals surface area contributed by atoms with Gasteiger partial charge in [-0.2, -0.15) is 0 Å². The summed E-state index contributed by atoms with van der Waals surface area (Å²) < 4.78 is 2.29. The first-order chi connectivity index (χ1) is 14.6. The first-order valence-electron chi connectivity index (χ1n) is 10.4. The van der Waals surface area contributed by atoms with Crippen molar-refractivity contribution in [2.75, 3.05) is 6.54 Å². The minimum absolute atomic E-state index is 0.0249. The van der Waals surface area contributed by atoms with Gasteiger partial charge in [-0.25, -0.2) is 4.98 Å². The van der Waals surface area contributed by atoms with Crippen LogP contribution >= 0.6 is 0 Å². The molecule has 3 aromatic carbocycles. The zero-order chi connectivity index (χ0) is 20.9. The number of para-hydroxylation sites is 2. The summed E-state index contributed by atoms with van der Waals surface area (Å²) in [7, 11) is 0. The summed E-state index contributed by atoms with van der Waals surface area (Å²) in [5.74, 6) is 1.03. The molecule has 0 aliphatic rings. The lowest BCUT2D eigenvalue weighted by Gasteiger charge is -2.10. The van der Waals surface area contributed by atoms with Gasteiger partial charge in [0.05, 0.1) is 11.0 Å². The van der Waals surface area contributed by atoms with Crippen LogP contribution in [-0.2, 0) is 13.0 Å². The molecule has 30 heavy (non-hydrogen) atoms. The van der Waals surface area contributed by atoms with E-state index >= 15 is 0 Å². The molecule has 0 aliphatic heterocycles. The number of nitrogens with one attached hydrogen (secondary N) is 1. The van der Waals surface area contributed by atoms with E-state index in [-0.39, 0.29) is 5.91 Å². The molecule has 1 aromatic heterocycles. The van der Waals surface area contributed by atoms with Crippen LogP contribution in [-0.4, -0.2) is 22.0 Å². The molecule has 4 aromatic rings. The molecular weight excluding hydrogens is 370 g/mol. The van der Waals surface area contributed by atoms with Gasteiger partial charge >= 0.3 is 0 Å². The second-order valence-corrected chi connectivity index (χ2v) is 7.81. The fourth-order valence-corrected chi connectivity index (χ4v) is 3.62. The summed E-state index contributed by atoms with van der Waals surface area (Å²) in [5, 5.41) is 3.02. The zero-order valence-corrected chi connectivity index (χ0v) is 17.6. The number of carbonyl (C=O) groups is 1. The molecule has 0 atom stereocenters. The van der Waals surface area contributed by atoms with Crippen LogP contribution in [0.15, 0.2) is 72.8 Å². The van der Waals surface area contributed by atoms with Crippen LogP contribution in [0.1, 0.15) is 39.3 Å². The van der Waals surface area contributed by atoms with Gasteiger partial charge < -0.3 is 9.88 Å². The van der Waals surface area contributed by atoms with Gasteiger partial charge in [0.1, 0.15) is 5.82 Å². The van der Waals surface area contributed by atoms with Gasteiger partial charge in [0.25, 0.3) is 5.91 Å². The molecule has 0 saturated carbocycles. The lowest BCUT2D eigenvalue weighted by molar-refractivity contribution is 0.0953. The fourth-order valence-electron chi connectivity index (χ4n) is 3.62. The highest BCUT2D eigenvalue weighted by atomic mass is 16.1. The summed E-state index contributed by atoms with van der Waals surface area (Å²) in [6.45, 7) is 5.55. The summed E-state index contributed by atoms with van der Waals surface area (Å²) >= 11 is 0. The van der Waals surface area contributed by atoms with Crippen molar-refractivity contribution in [1.29, 1.82) is 0 Å². The third-order valence-corrected chi connectivity index (χ3v) is 5.37. The summed E-state index contributed by atoms with van der Waals surface area (Å²) in [5.41, 5.74) is 6.54. The van der Waals surface area contributed by atoms with Crippen molar-refractivity contribution in [3.63, 3.8) is 0 Å². The number of aromatic nitrogens is 2. The largest absolute Gasteiger partial charge is 0.352 e. The molecule has 0 unspecified atom stereocenters. The second kappa shape index (κ2) is 8.95. The van der Waals surface area contributed by atoms with Crippen LogP contribution < -0.4 is 5.32 Å². The molecule has 0 radical (unpaired) electrons. The molecule has 0 bridgehead atoms. The maximum Gasteiger partial charge on any atom is 0.251 e. The van der Waals surface area contributed by atoms with Gasteiger partial charge in [0.2, 0.25) is 0 Å². The van der Waals surface area contributed by atoms with E-state index in [0.717, 1.165) is 41.8 Å². The van der Waals surface area contributed by atoms with Gasteiger partial charge in [0.15, 0.2) is 0 Å². The number of hydrogen-bond donors (Lipinski definition) is 1. The van der Waals surface area contributed by atoms with Crippen LogP contribution in [0.4, 0.5) is 0 Å². The summed E-state index contributed by atoms with van der Waals surface area (Å²) in [6.07, 6.45) is 1.66. The van der Waals surface area contributed by atoms with Gasteiger partial charge in [-0.15, -0.1) is 0 Å². The van der Waals surface area contributed by atoms with Crippen molar-refractivity contribution in [1.82, 2.24) is 14.9 Å². The molecule has 1 heterocycles.